The molecule has 3 rings (SSSR count). The number of carbonyl (C=O) groups excluding carboxylic acids is 3. The Morgan fingerprint density at radius 3 is 2.46 bits per heavy atom. The third-order valence-corrected chi connectivity index (χ3v) is 7.47. The third-order valence-electron chi connectivity index (χ3n) is 7.47. The molecule has 0 aromatic heterocycles. The SMILES string of the molecule is CCC(C)(C)C1CCC2(CC1)NC(=O)N(CC(=O)N1CCCN(C)CC1)C2=O. The molecule has 1 aliphatic carbocycles. The molecule has 0 unspecified atom stereocenters. The summed E-state index contributed by atoms with van der Waals surface area (Å²) >= 11 is 0. The molecule has 3 aliphatic rings. The van der Waals surface area contributed by atoms with Gasteiger partial charge in [0.1, 0.15) is 12.1 Å². The number of hydrogen-bond donors (Lipinski definition) is 1. The largest absolute Gasteiger partial charge is 0.340 e. The van der Waals surface area contributed by atoms with E-state index in [1.165, 1.54) is 0 Å². The van der Waals surface area contributed by atoms with E-state index in [2.05, 4.69) is 31.0 Å². The van der Waals surface area contributed by atoms with Crippen molar-refractivity contribution >= 4 is 17.8 Å². The van der Waals surface area contributed by atoms with Gasteiger partial charge in [0.15, 0.2) is 0 Å². The minimum absolute atomic E-state index is 0.128. The van der Waals surface area contributed by atoms with Gasteiger partial charge in [-0.2, -0.15) is 0 Å². The van der Waals surface area contributed by atoms with Crippen LogP contribution in [0.15, 0.2) is 0 Å². The molecule has 0 bridgehead atoms. The molecule has 7 heteroatoms. The number of likely N-dealkylation sites (N-methyl/N-ethyl adjacent to an activating group) is 1. The summed E-state index contributed by atoms with van der Waals surface area (Å²) in [5.74, 6) is 0.236. The Bertz CT molecular complexity index is 625. The topological polar surface area (TPSA) is 73.0 Å². The number of urea groups is 1. The summed E-state index contributed by atoms with van der Waals surface area (Å²) in [6.07, 6.45) is 5.24. The average Bonchev–Trinajstić information content (AvgIpc) is 2.82. The lowest BCUT2D eigenvalue weighted by atomic mass is 9.65. The van der Waals surface area contributed by atoms with Crippen LogP contribution in [0.3, 0.4) is 0 Å². The van der Waals surface area contributed by atoms with Gasteiger partial charge in [0.25, 0.3) is 5.91 Å². The minimum atomic E-state index is -0.795. The molecule has 0 aromatic carbocycles. The van der Waals surface area contributed by atoms with Gasteiger partial charge in [-0.25, -0.2) is 4.79 Å². The monoisotopic (exact) mass is 392 g/mol. The smallest absolute Gasteiger partial charge is 0.325 e. The Balaban J connectivity index is 1.62. The molecule has 1 spiro atoms. The first kappa shape index (κ1) is 21.1. The predicted octanol–water partition coefficient (Wildman–Crippen LogP) is 2.07. The molecule has 7 nitrogen and oxygen atoms in total. The molecular formula is C21H36N4O3. The van der Waals surface area contributed by atoms with E-state index in [9.17, 15) is 14.4 Å². The molecule has 2 heterocycles. The highest BCUT2D eigenvalue weighted by Crippen LogP contribution is 2.45. The zero-order valence-corrected chi connectivity index (χ0v) is 17.9. The second-order valence-electron chi connectivity index (χ2n) is 9.56. The average molecular weight is 393 g/mol. The molecule has 2 saturated heterocycles. The lowest BCUT2D eigenvalue weighted by Crippen LogP contribution is -2.51. The Hall–Kier alpha value is -1.63. The summed E-state index contributed by atoms with van der Waals surface area (Å²) < 4.78 is 0. The van der Waals surface area contributed by atoms with E-state index in [4.69, 9.17) is 0 Å². The van der Waals surface area contributed by atoms with E-state index >= 15 is 0 Å². The van der Waals surface area contributed by atoms with Gasteiger partial charge in [0, 0.05) is 19.6 Å². The van der Waals surface area contributed by atoms with E-state index < -0.39 is 11.6 Å². The number of nitrogens with zero attached hydrogens (tertiary/aromatic N) is 3. The molecule has 0 atom stereocenters. The molecule has 0 aromatic rings. The van der Waals surface area contributed by atoms with Gasteiger partial charge in [-0.15, -0.1) is 0 Å². The lowest BCUT2D eigenvalue weighted by molar-refractivity contribution is -0.139. The van der Waals surface area contributed by atoms with Crippen molar-refractivity contribution in [3.63, 3.8) is 0 Å². The Kier molecular flexibility index (Phi) is 6.03. The number of carbonyl (C=O) groups is 3. The highest BCUT2D eigenvalue weighted by molar-refractivity contribution is 6.09. The van der Waals surface area contributed by atoms with E-state index in [0.29, 0.717) is 31.8 Å². The summed E-state index contributed by atoms with van der Waals surface area (Å²) in [6, 6.07) is -0.404. The van der Waals surface area contributed by atoms with Crippen LogP contribution in [0.2, 0.25) is 0 Å². The molecule has 4 amide bonds. The van der Waals surface area contributed by atoms with Gasteiger partial charge in [-0.3, -0.25) is 14.5 Å². The number of rotatable bonds is 4. The van der Waals surface area contributed by atoms with Crippen LogP contribution in [0.25, 0.3) is 0 Å². The van der Waals surface area contributed by atoms with Crippen LogP contribution in [0, 0.1) is 11.3 Å². The van der Waals surface area contributed by atoms with Gasteiger partial charge >= 0.3 is 6.03 Å². The molecule has 3 fully saturated rings. The lowest BCUT2D eigenvalue weighted by Gasteiger charge is -2.42. The van der Waals surface area contributed by atoms with Crippen LogP contribution >= 0.6 is 0 Å². The number of nitrogens with one attached hydrogen (secondary N) is 1. The van der Waals surface area contributed by atoms with E-state index in [0.717, 1.165) is 43.7 Å². The molecule has 0 radical (unpaired) electrons. The fraction of sp³-hybridized carbons (Fsp3) is 0.857. The van der Waals surface area contributed by atoms with Crippen LogP contribution in [0.1, 0.15) is 59.3 Å². The number of amides is 4. The van der Waals surface area contributed by atoms with Crippen LogP contribution in [0.5, 0.6) is 0 Å². The van der Waals surface area contributed by atoms with Gasteiger partial charge in [0.05, 0.1) is 0 Å². The van der Waals surface area contributed by atoms with Crippen molar-refractivity contribution in [2.75, 3.05) is 39.8 Å². The van der Waals surface area contributed by atoms with Crippen LogP contribution in [0.4, 0.5) is 4.79 Å². The highest BCUT2D eigenvalue weighted by atomic mass is 16.2. The molecule has 2 aliphatic heterocycles. The van der Waals surface area contributed by atoms with Crippen molar-refractivity contribution in [2.45, 2.75) is 64.8 Å². The fourth-order valence-electron chi connectivity index (χ4n) is 4.87. The standard InChI is InChI=1S/C21H36N4O3/c1-5-20(2,3)16-7-9-21(10-8-16)18(27)25(19(28)22-21)15-17(26)24-12-6-11-23(4)13-14-24/h16H,5-15H2,1-4H3,(H,22,28). The summed E-state index contributed by atoms with van der Waals surface area (Å²) in [5, 5.41) is 2.95. The van der Waals surface area contributed by atoms with Crippen molar-refractivity contribution in [1.29, 1.82) is 0 Å². The normalized spacial score (nSPS) is 29.9. The van der Waals surface area contributed by atoms with Crippen LogP contribution in [-0.4, -0.2) is 77.9 Å². The number of imide groups is 1. The maximum atomic E-state index is 13.1. The maximum Gasteiger partial charge on any atom is 0.325 e. The first-order valence-corrected chi connectivity index (χ1v) is 10.8. The second-order valence-corrected chi connectivity index (χ2v) is 9.56. The Morgan fingerprint density at radius 1 is 1.14 bits per heavy atom. The molecule has 1 N–H and O–H groups in total. The van der Waals surface area contributed by atoms with E-state index in [1.807, 2.05) is 7.05 Å². The highest BCUT2D eigenvalue weighted by Gasteiger charge is 2.53. The zero-order chi connectivity index (χ0) is 20.5. The predicted molar refractivity (Wildman–Crippen MR) is 108 cm³/mol. The molecule has 28 heavy (non-hydrogen) atoms. The van der Waals surface area contributed by atoms with E-state index in [-0.39, 0.29) is 23.8 Å². The first-order valence-electron chi connectivity index (χ1n) is 10.8. The van der Waals surface area contributed by atoms with Gasteiger partial charge in [0.2, 0.25) is 5.91 Å². The van der Waals surface area contributed by atoms with Crippen LogP contribution < -0.4 is 5.32 Å². The van der Waals surface area contributed by atoms with Gasteiger partial charge in [-0.1, -0.05) is 27.2 Å². The summed E-state index contributed by atoms with van der Waals surface area (Å²) in [6.45, 7) is 9.77. The Morgan fingerprint density at radius 2 is 1.82 bits per heavy atom. The quantitative estimate of drug-likeness (QED) is 0.744. The van der Waals surface area contributed by atoms with Crippen LogP contribution in [-0.2, 0) is 9.59 Å². The first-order chi connectivity index (χ1) is 13.2. The van der Waals surface area contributed by atoms with Crippen molar-refractivity contribution in [1.82, 2.24) is 20.0 Å². The summed E-state index contributed by atoms with van der Waals surface area (Å²) in [7, 11) is 2.05. The van der Waals surface area contributed by atoms with Crippen molar-refractivity contribution < 1.29 is 14.4 Å². The van der Waals surface area contributed by atoms with Crippen molar-refractivity contribution in [3.05, 3.63) is 0 Å². The summed E-state index contributed by atoms with van der Waals surface area (Å²) in [5.41, 5.74) is -0.542. The van der Waals surface area contributed by atoms with Gasteiger partial charge in [-0.05, 0) is 57.0 Å². The second kappa shape index (κ2) is 8.01. The van der Waals surface area contributed by atoms with Crippen molar-refractivity contribution in [3.8, 4) is 0 Å². The molecule has 1 saturated carbocycles. The molecule has 158 valence electrons. The molecular weight excluding hydrogens is 356 g/mol. The van der Waals surface area contributed by atoms with E-state index in [1.54, 1.807) is 4.90 Å². The number of hydrogen-bond acceptors (Lipinski definition) is 4. The Labute approximate surface area is 168 Å². The zero-order valence-electron chi connectivity index (χ0n) is 17.9. The van der Waals surface area contributed by atoms with Crippen molar-refractivity contribution in [2.24, 2.45) is 11.3 Å². The maximum absolute atomic E-state index is 13.1. The minimum Gasteiger partial charge on any atom is -0.340 e. The fourth-order valence-corrected chi connectivity index (χ4v) is 4.87. The third kappa shape index (κ3) is 4.04. The van der Waals surface area contributed by atoms with Gasteiger partial charge < -0.3 is 15.1 Å². The summed E-state index contributed by atoms with van der Waals surface area (Å²) in [4.78, 5) is 43.5.